The molecule has 0 bridgehead atoms. The smallest absolute Gasteiger partial charge is 0.0700 e. The summed E-state index contributed by atoms with van der Waals surface area (Å²) < 4.78 is 5.39. The van der Waals surface area contributed by atoms with E-state index in [4.69, 9.17) is 0 Å². The molecule has 0 spiro atoms. The topological polar surface area (TPSA) is 29.9 Å². The fourth-order valence-corrected chi connectivity index (χ4v) is 4.30. The molecular formula is C20H23N3S. The first-order valence-corrected chi connectivity index (χ1v) is 9.56. The second-order valence-corrected chi connectivity index (χ2v) is 7.49. The van der Waals surface area contributed by atoms with Gasteiger partial charge in [0.05, 0.1) is 17.4 Å². The highest BCUT2D eigenvalue weighted by Crippen LogP contribution is 2.34. The van der Waals surface area contributed by atoms with E-state index in [0.717, 1.165) is 22.5 Å². The van der Waals surface area contributed by atoms with Crippen LogP contribution in [-0.2, 0) is 7.05 Å². The average molecular weight is 337 g/mol. The summed E-state index contributed by atoms with van der Waals surface area (Å²) in [5.41, 5.74) is 3.77. The highest BCUT2D eigenvalue weighted by atomic mass is 32.2. The Balaban J connectivity index is 1.45. The van der Waals surface area contributed by atoms with Gasteiger partial charge in [-0.25, -0.2) is 0 Å². The Bertz CT molecular complexity index is 817. The summed E-state index contributed by atoms with van der Waals surface area (Å²) in [6.45, 7) is 0. The number of hydrogen-bond donors (Lipinski definition) is 1. The summed E-state index contributed by atoms with van der Waals surface area (Å²) in [6.07, 6.45) is 8.82. The van der Waals surface area contributed by atoms with Crippen molar-refractivity contribution in [1.82, 2.24) is 9.78 Å². The van der Waals surface area contributed by atoms with Crippen molar-refractivity contribution in [2.75, 3.05) is 4.72 Å². The largest absolute Gasteiger partial charge is 0.325 e. The van der Waals surface area contributed by atoms with Gasteiger partial charge >= 0.3 is 0 Å². The van der Waals surface area contributed by atoms with Gasteiger partial charge in [-0.05, 0) is 60.5 Å². The summed E-state index contributed by atoms with van der Waals surface area (Å²) in [4.78, 5) is 1.25. The fourth-order valence-electron chi connectivity index (χ4n) is 3.62. The van der Waals surface area contributed by atoms with Crippen LogP contribution in [0.2, 0.25) is 0 Å². The van der Waals surface area contributed by atoms with E-state index in [-0.39, 0.29) is 0 Å². The maximum atomic E-state index is 4.34. The molecule has 2 aromatic carbocycles. The van der Waals surface area contributed by atoms with E-state index >= 15 is 0 Å². The summed E-state index contributed by atoms with van der Waals surface area (Å²) in [5.74, 6) is 0.773. The minimum absolute atomic E-state index is 0.773. The van der Waals surface area contributed by atoms with Gasteiger partial charge in [0.1, 0.15) is 0 Å². The molecule has 1 aliphatic rings. The van der Waals surface area contributed by atoms with Gasteiger partial charge in [-0.2, -0.15) is 5.10 Å². The second-order valence-electron chi connectivity index (χ2n) is 6.61. The van der Waals surface area contributed by atoms with Gasteiger partial charge in [0.25, 0.3) is 0 Å². The van der Waals surface area contributed by atoms with Crippen molar-refractivity contribution in [2.24, 2.45) is 7.05 Å². The van der Waals surface area contributed by atoms with Crippen molar-refractivity contribution in [2.45, 2.75) is 42.9 Å². The zero-order valence-corrected chi connectivity index (χ0v) is 14.9. The zero-order valence-electron chi connectivity index (χ0n) is 14.0. The predicted molar refractivity (Wildman–Crippen MR) is 102 cm³/mol. The van der Waals surface area contributed by atoms with Gasteiger partial charge in [-0.3, -0.25) is 4.68 Å². The van der Waals surface area contributed by atoms with Crippen LogP contribution in [0.25, 0.3) is 10.9 Å². The van der Waals surface area contributed by atoms with Gasteiger partial charge in [-0.15, -0.1) is 0 Å². The number of benzene rings is 2. The molecule has 3 nitrogen and oxygen atoms in total. The lowest BCUT2D eigenvalue weighted by Gasteiger charge is -2.22. The average Bonchev–Trinajstić information content (AvgIpc) is 3.03. The van der Waals surface area contributed by atoms with Crippen LogP contribution in [0, 0.1) is 0 Å². The number of aromatic nitrogens is 2. The number of rotatable bonds is 4. The summed E-state index contributed by atoms with van der Waals surface area (Å²) in [7, 11) is 1.98. The molecule has 3 aromatic rings. The molecule has 0 amide bonds. The van der Waals surface area contributed by atoms with Gasteiger partial charge in [-0.1, -0.05) is 37.5 Å². The quantitative estimate of drug-likeness (QED) is 0.616. The lowest BCUT2D eigenvalue weighted by Crippen LogP contribution is -2.04. The molecule has 0 atom stereocenters. The van der Waals surface area contributed by atoms with Crippen LogP contribution in [0.3, 0.4) is 0 Å². The monoisotopic (exact) mass is 337 g/mol. The van der Waals surface area contributed by atoms with Crippen LogP contribution in [0.1, 0.15) is 43.6 Å². The molecule has 4 heteroatoms. The molecule has 1 saturated carbocycles. The van der Waals surface area contributed by atoms with E-state index in [2.05, 4.69) is 52.3 Å². The maximum Gasteiger partial charge on any atom is 0.0700 e. The Morgan fingerprint density at radius 1 is 1.04 bits per heavy atom. The number of aryl methyl sites for hydroxylation is 1. The molecule has 1 N–H and O–H groups in total. The Labute approximate surface area is 147 Å². The van der Waals surface area contributed by atoms with Gasteiger partial charge in [0.2, 0.25) is 0 Å². The molecular weight excluding hydrogens is 314 g/mol. The van der Waals surface area contributed by atoms with Crippen LogP contribution in [-0.4, -0.2) is 9.78 Å². The minimum Gasteiger partial charge on any atom is -0.325 e. The van der Waals surface area contributed by atoms with E-state index in [1.54, 1.807) is 11.9 Å². The minimum atomic E-state index is 0.773. The van der Waals surface area contributed by atoms with Crippen LogP contribution in [0.5, 0.6) is 0 Å². The van der Waals surface area contributed by atoms with Crippen LogP contribution < -0.4 is 4.72 Å². The van der Waals surface area contributed by atoms with Crippen LogP contribution in [0.4, 0.5) is 5.69 Å². The van der Waals surface area contributed by atoms with Crippen LogP contribution >= 0.6 is 11.9 Å². The molecule has 4 rings (SSSR count). The van der Waals surface area contributed by atoms with E-state index in [9.17, 15) is 0 Å². The SMILES string of the molecule is Cn1ncc2c(NSc3ccc(C4CCCCC4)cc3)cccc21. The number of anilines is 1. The fraction of sp³-hybridized carbons (Fsp3) is 0.350. The van der Waals surface area contributed by atoms with Gasteiger partial charge in [0, 0.05) is 17.3 Å². The number of hydrogen-bond acceptors (Lipinski definition) is 3. The van der Waals surface area contributed by atoms with Crippen molar-refractivity contribution >= 4 is 28.5 Å². The number of fused-ring (bicyclic) bond motifs is 1. The first kappa shape index (κ1) is 15.6. The third-order valence-electron chi connectivity index (χ3n) is 5.03. The highest BCUT2D eigenvalue weighted by molar-refractivity contribution is 8.00. The molecule has 0 radical (unpaired) electrons. The molecule has 0 saturated heterocycles. The number of nitrogens with zero attached hydrogens (tertiary/aromatic N) is 2. The molecule has 1 aromatic heterocycles. The van der Waals surface area contributed by atoms with Crippen molar-refractivity contribution in [3.8, 4) is 0 Å². The Morgan fingerprint density at radius 3 is 2.62 bits per heavy atom. The predicted octanol–water partition coefficient (Wildman–Crippen LogP) is 5.74. The van der Waals surface area contributed by atoms with Crippen molar-refractivity contribution in [3.05, 3.63) is 54.2 Å². The molecule has 24 heavy (non-hydrogen) atoms. The molecule has 124 valence electrons. The lowest BCUT2D eigenvalue weighted by molar-refractivity contribution is 0.443. The van der Waals surface area contributed by atoms with E-state index in [1.807, 2.05) is 17.9 Å². The van der Waals surface area contributed by atoms with Crippen molar-refractivity contribution < 1.29 is 0 Å². The van der Waals surface area contributed by atoms with Gasteiger partial charge in [0.15, 0.2) is 0 Å². The molecule has 1 heterocycles. The normalized spacial score (nSPS) is 15.7. The molecule has 0 aliphatic heterocycles. The third-order valence-corrected chi connectivity index (χ3v) is 5.86. The zero-order chi connectivity index (χ0) is 16.4. The Morgan fingerprint density at radius 2 is 1.83 bits per heavy atom. The summed E-state index contributed by atoms with van der Waals surface area (Å²) in [6, 6.07) is 15.4. The van der Waals surface area contributed by atoms with Crippen LogP contribution in [0.15, 0.2) is 53.6 Å². The molecule has 1 aliphatic carbocycles. The highest BCUT2D eigenvalue weighted by Gasteiger charge is 2.15. The van der Waals surface area contributed by atoms with E-state index in [0.29, 0.717) is 0 Å². The first-order valence-electron chi connectivity index (χ1n) is 8.75. The molecule has 1 fully saturated rings. The summed E-state index contributed by atoms with van der Waals surface area (Å²) >= 11 is 1.67. The first-order chi connectivity index (χ1) is 11.8. The third kappa shape index (κ3) is 3.16. The summed E-state index contributed by atoms with van der Waals surface area (Å²) in [5, 5.41) is 5.50. The van der Waals surface area contributed by atoms with Crippen molar-refractivity contribution in [1.29, 1.82) is 0 Å². The second kappa shape index (κ2) is 6.89. The van der Waals surface area contributed by atoms with Gasteiger partial charge < -0.3 is 4.72 Å². The number of nitrogens with one attached hydrogen (secondary N) is 1. The Hall–Kier alpha value is -1.94. The van der Waals surface area contributed by atoms with E-state index < -0.39 is 0 Å². The lowest BCUT2D eigenvalue weighted by atomic mass is 9.84. The van der Waals surface area contributed by atoms with E-state index in [1.165, 1.54) is 42.6 Å². The molecule has 0 unspecified atom stereocenters. The van der Waals surface area contributed by atoms with Crippen molar-refractivity contribution in [3.63, 3.8) is 0 Å². The maximum absolute atomic E-state index is 4.34. The standard InChI is InChI=1S/C20H23N3S/c1-23-20-9-5-8-19(18(20)14-21-23)22-24-17-12-10-16(11-13-17)15-6-3-2-4-7-15/h5,8-15,22H,2-4,6-7H2,1H3. The Kier molecular flexibility index (Phi) is 4.48.